The molecule has 1 amide bonds. The normalized spacial score (nSPS) is 14.3. The molecule has 1 atom stereocenters. The quantitative estimate of drug-likeness (QED) is 0.636. The molecule has 1 aromatic heterocycles. The predicted molar refractivity (Wildman–Crippen MR) is 103 cm³/mol. The lowest BCUT2D eigenvalue weighted by Gasteiger charge is -2.17. The standard InChI is InChI=1S/C21H17FN2O3S/c22-15-8-6-14(7-9-15)20-24-17(12-28-20)21(26)27-18(13-4-2-1-3-5-13)19(25)23-16-10-11-16/h1-9,12,16,18H,10-11H2,(H,23,25)/t18-/m0/s1. The molecule has 3 aromatic rings. The molecule has 1 aliphatic rings. The van der Waals surface area contributed by atoms with Crippen LogP contribution >= 0.6 is 11.3 Å². The number of hydrogen-bond acceptors (Lipinski definition) is 5. The number of esters is 1. The third-order valence-corrected chi connectivity index (χ3v) is 5.18. The van der Waals surface area contributed by atoms with E-state index in [4.69, 9.17) is 4.74 Å². The highest BCUT2D eigenvalue weighted by atomic mass is 32.1. The summed E-state index contributed by atoms with van der Waals surface area (Å²) < 4.78 is 18.6. The zero-order valence-electron chi connectivity index (χ0n) is 14.8. The molecule has 142 valence electrons. The molecule has 1 heterocycles. The maximum absolute atomic E-state index is 13.1. The van der Waals surface area contributed by atoms with Crippen LogP contribution in [0.4, 0.5) is 4.39 Å². The second-order valence-corrected chi connectivity index (χ2v) is 7.38. The van der Waals surface area contributed by atoms with E-state index in [1.54, 1.807) is 41.8 Å². The van der Waals surface area contributed by atoms with Gasteiger partial charge in [-0.1, -0.05) is 30.3 Å². The number of hydrogen-bond donors (Lipinski definition) is 1. The number of aromatic nitrogens is 1. The molecule has 1 saturated carbocycles. The minimum atomic E-state index is -1.04. The lowest BCUT2D eigenvalue weighted by molar-refractivity contribution is -0.130. The van der Waals surface area contributed by atoms with Crippen LogP contribution in [0.1, 0.15) is 35.0 Å². The summed E-state index contributed by atoms with van der Waals surface area (Å²) in [6.07, 6.45) is 0.841. The Morgan fingerprint density at radius 1 is 1.11 bits per heavy atom. The van der Waals surface area contributed by atoms with Crippen molar-refractivity contribution in [3.05, 3.63) is 77.1 Å². The summed E-state index contributed by atoms with van der Waals surface area (Å²) in [7, 11) is 0. The molecule has 7 heteroatoms. The summed E-state index contributed by atoms with van der Waals surface area (Å²) >= 11 is 1.25. The van der Waals surface area contributed by atoms with Gasteiger partial charge in [-0.3, -0.25) is 4.79 Å². The molecule has 5 nitrogen and oxygen atoms in total. The third-order valence-electron chi connectivity index (χ3n) is 4.29. The maximum Gasteiger partial charge on any atom is 0.358 e. The van der Waals surface area contributed by atoms with Crippen LogP contribution in [0.5, 0.6) is 0 Å². The van der Waals surface area contributed by atoms with Crippen molar-refractivity contribution in [2.75, 3.05) is 0 Å². The van der Waals surface area contributed by atoms with Crippen LogP contribution in [0.15, 0.2) is 60.0 Å². The number of amides is 1. The van der Waals surface area contributed by atoms with Crippen molar-refractivity contribution in [2.45, 2.75) is 25.0 Å². The molecule has 0 bridgehead atoms. The minimum Gasteiger partial charge on any atom is -0.443 e. The van der Waals surface area contributed by atoms with Crippen LogP contribution in [0, 0.1) is 5.82 Å². The zero-order chi connectivity index (χ0) is 19.5. The smallest absolute Gasteiger partial charge is 0.358 e. The molecule has 0 unspecified atom stereocenters. The van der Waals surface area contributed by atoms with E-state index in [-0.39, 0.29) is 23.5 Å². The Morgan fingerprint density at radius 3 is 2.50 bits per heavy atom. The lowest BCUT2D eigenvalue weighted by atomic mass is 10.1. The van der Waals surface area contributed by atoms with Gasteiger partial charge in [0.2, 0.25) is 6.10 Å². The molecule has 0 spiro atoms. The Hall–Kier alpha value is -3.06. The Balaban J connectivity index is 1.52. The van der Waals surface area contributed by atoms with Gasteiger partial charge in [0.1, 0.15) is 10.8 Å². The molecular formula is C21H17FN2O3S. The van der Waals surface area contributed by atoms with Crippen molar-refractivity contribution in [3.63, 3.8) is 0 Å². The SMILES string of the molecule is O=C(O[C@H](C(=O)NC1CC1)c1ccccc1)c1csc(-c2ccc(F)cc2)n1. The van der Waals surface area contributed by atoms with Crippen molar-refractivity contribution in [3.8, 4) is 10.6 Å². The molecule has 4 rings (SSSR count). The maximum atomic E-state index is 13.1. The topological polar surface area (TPSA) is 68.3 Å². The van der Waals surface area contributed by atoms with Crippen molar-refractivity contribution < 1.29 is 18.7 Å². The van der Waals surface area contributed by atoms with Gasteiger partial charge in [0, 0.05) is 22.5 Å². The zero-order valence-corrected chi connectivity index (χ0v) is 15.6. The average molecular weight is 396 g/mol. The lowest BCUT2D eigenvalue weighted by Crippen LogP contribution is -2.33. The van der Waals surface area contributed by atoms with Crippen molar-refractivity contribution in [1.82, 2.24) is 10.3 Å². The molecule has 1 N–H and O–H groups in total. The number of nitrogens with one attached hydrogen (secondary N) is 1. The third kappa shape index (κ3) is 4.26. The largest absolute Gasteiger partial charge is 0.443 e. The fourth-order valence-electron chi connectivity index (χ4n) is 2.67. The highest BCUT2D eigenvalue weighted by molar-refractivity contribution is 7.13. The van der Waals surface area contributed by atoms with E-state index in [1.807, 2.05) is 6.07 Å². The van der Waals surface area contributed by atoms with Gasteiger partial charge in [0.15, 0.2) is 5.69 Å². The Bertz CT molecular complexity index is 984. The molecule has 1 aliphatic carbocycles. The second kappa shape index (κ2) is 7.90. The summed E-state index contributed by atoms with van der Waals surface area (Å²) in [4.78, 5) is 29.5. The van der Waals surface area contributed by atoms with E-state index in [9.17, 15) is 14.0 Å². The van der Waals surface area contributed by atoms with Gasteiger partial charge in [-0.05, 0) is 37.1 Å². The molecule has 2 aromatic carbocycles. The monoisotopic (exact) mass is 396 g/mol. The number of ether oxygens (including phenoxy) is 1. The average Bonchev–Trinajstić information content (AvgIpc) is 3.38. The van der Waals surface area contributed by atoms with E-state index in [0.29, 0.717) is 16.1 Å². The summed E-state index contributed by atoms with van der Waals surface area (Å²) in [6.45, 7) is 0. The fraction of sp³-hybridized carbons (Fsp3) is 0.190. The molecule has 0 aliphatic heterocycles. The predicted octanol–water partition coefficient (Wildman–Crippen LogP) is 4.13. The number of benzene rings is 2. The van der Waals surface area contributed by atoms with Gasteiger partial charge < -0.3 is 10.1 Å². The summed E-state index contributed by atoms with van der Waals surface area (Å²) in [6, 6.07) is 14.9. The van der Waals surface area contributed by atoms with Gasteiger partial charge in [-0.15, -0.1) is 11.3 Å². The van der Waals surface area contributed by atoms with E-state index in [2.05, 4.69) is 10.3 Å². The first-order valence-corrected chi connectivity index (χ1v) is 9.76. The van der Waals surface area contributed by atoms with Crippen LogP contribution in [0.3, 0.4) is 0 Å². The molecule has 28 heavy (non-hydrogen) atoms. The van der Waals surface area contributed by atoms with Crippen LogP contribution in [0.2, 0.25) is 0 Å². The molecule has 0 radical (unpaired) electrons. The Kier molecular flexibility index (Phi) is 5.16. The van der Waals surface area contributed by atoms with Gasteiger partial charge in [-0.2, -0.15) is 0 Å². The first-order valence-electron chi connectivity index (χ1n) is 8.88. The van der Waals surface area contributed by atoms with Crippen molar-refractivity contribution in [2.24, 2.45) is 0 Å². The Morgan fingerprint density at radius 2 is 1.82 bits per heavy atom. The first-order chi connectivity index (χ1) is 13.6. The summed E-state index contributed by atoms with van der Waals surface area (Å²) in [5.74, 6) is -1.35. The van der Waals surface area contributed by atoms with E-state index >= 15 is 0 Å². The number of rotatable bonds is 6. The fourth-order valence-corrected chi connectivity index (χ4v) is 3.46. The van der Waals surface area contributed by atoms with Gasteiger partial charge in [0.25, 0.3) is 5.91 Å². The highest BCUT2D eigenvalue weighted by Gasteiger charge is 2.31. The number of thiazole rings is 1. The molecule has 1 fully saturated rings. The highest BCUT2D eigenvalue weighted by Crippen LogP contribution is 2.27. The number of halogens is 1. The summed E-state index contributed by atoms with van der Waals surface area (Å²) in [5.41, 5.74) is 1.42. The van der Waals surface area contributed by atoms with Crippen molar-refractivity contribution >= 4 is 23.2 Å². The van der Waals surface area contributed by atoms with Crippen LogP contribution < -0.4 is 5.32 Å². The first kappa shape index (κ1) is 18.3. The van der Waals surface area contributed by atoms with Crippen molar-refractivity contribution in [1.29, 1.82) is 0 Å². The van der Waals surface area contributed by atoms with E-state index in [1.165, 1.54) is 23.5 Å². The van der Waals surface area contributed by atoms with Gasteiger partial charge in [0.05, 0.1) is 0 Å². The number of carbonyl (C=O) groups excluding carboxylic acids is 2. The number of carbonyl (C=O) groups is 2. The molecular weight excluding hydrogens is 379 g/mol. The Labute approximate surface area is 165 Å². The van der Waals surface area contributed by atoms with E-state index < -0.39 is 12.1 Å². The second-order valence-electron chi connectivity index (χ2n) is 6.52. The number of nitrogens with zero attached hydrogens (tertiary/aromatic N) is 1. The van der Waals surface area contributed by atoms with E-state index in [0.717, 1.165) is 12.8 Å². The summed E-state index contributed by atoms with van der Waals surface area (Å²) in [5, 5.41) is 5.02. The van der Waals surface area contributed by atoms with Crippen LogP contribution in [-0.4, -0.2) is 22.9 Å². The van der Waals surface area contributed by atoms with Crippen LogP contribution in [-0.2, 0) is 9.53 Å². The van der Waals surface area contributed by atoms with Gasteiger partial charge in [-0.25, -0.2) is 14.2 Å². The van der Waals surface area contributed by atoms with Gasteiger partial charge >= 0.3 is 5.97 Å². The molecule has 0 saturated heterocycles. The van der Waals surface area contributed by atoms with Crippen LogP contribution in [0.25, 0.3) is 10.6 Å². The minimum absolute atomic E-state index is 0.115.